The molecule has 0 aromatic heterocycles. The van der Waals surface area contributed by atoms with Gasteiger partial charge in [-0.3, -0.25) is 0 Å². The molecule has 1 saturated heterocycles. The monoisotopic (exact) mass is 342 g/mol. The van der Waals surface area contributed by atoms with Crippen molar-refractivity contribution in [1.82, 2.24) is 0 Å². The zero-order valence-corrected chi connectivity index (χ0v) is 17.0. The van der Waals surface area contributed by atoms with Crippen LogP contribution in [0, 0.1) is 10.8 Å². The van der Waals surface area contributed by atoms with E-state index in [1.807, 2.05) is 0 Å². The summed E-state index contributed by atoms with van der Waals surface area (Å²) in [5, 5.41) is 0. The van der Waals surface area contributed by atoms with Crippen LogP contribution in [0.3, 0.4) is 0 Å². The van der Waals surface area contributed by atoms with Gasteiger partial charge in [0.05, 0.1) is 6.61 Å². The van der Waals surface area contributed by atoms with Crippen molar-refractivity contribution in [2.75, 3.05) is 26.4 Å². The smallest absolute Gasteiger partial charge is 0.157 e. The number of rotatable bonds is 12. The molecular weight excluding hydrogens is 300 g/mol. The molecule has 24 heavy (non-hydrogen) atoms. The second-order valence-electron chi connectivity index (χ2n) is 9.36. The molecule has 0 aromatic rings. The summed E-state index contributed by atoms with van der Waals surface area (Å²) in [6.45, 7) is 15.0. The third-order valence-electron chi connectivity index (χ3n) is 4.66. The molecule has 1 rings (SSSR count). The first kappa shape index (κ1) is 21.9. The van der Waals surface area contributed by atoms with Gasteiger partial charge in [-0.05, 0) is 55.8 Å². The zero-order valence-electron chi connectivity index (χ0n) is 17.0. The van der Waals surface area contributed by atoms with Gasteiger partial charge in [-0.15, -0.1) is 0 Å². The number of ether oxygens (including phenoxy) is 3. The third-order valence-corrected chi connectivity index (χ3v) is 4.66. The van der Waals surface area contributed by atoms with E-state index < -0.39 is 0 Å². The Morgan fingerprint density at radius 3 is 2.12 bits per heavy atom. The van der Waals surface area contributed by atoms with Crippen LogP contribution in [-0.4, -0.2) is 32.7 Å². The molecular formula is C21H42O3. The van der Waals surface area contributed by atoms with Gasteiger partial charge >= 0.3 is 0 Å². The Kier molecular flexibility index (Phi) is 10.5. The van der Waals surface area contributed by atoms with Crippen molar-refractivity contribution in [2.24, 2.45) is 10.8 Å². The Bertz CT molecular complexity index is 301. The normalized spacial score (nSPS) is 19.6. The van der Waals surface area contributed by atoms with E-state index in [-0.39, 0.29) is 11.7 Å². The minimum atomic E-state index is 0.0365. The Morgan fingerprint density at radius 1 is 0.875 bits per heavy atom. The van der Waals surface area contributed by atoms with Gasteiger partial charge in [-0.1, -0.05) is 47.5 Å². The molecule has 0 aliphatic carbocycles. The molecule has 0 bridgehead atoms. The molecule has 0 aromatic carbocycles. The number of hydrogen-bond acceptors (Lipinski definition) is 3. The fraction of sp³-hybridized carbons (Fsp3) is 1.00. The predicted molar refractivity (Wildman–Crippen MR) is 101 cm³/mol. The summed E-state index contributed by atoms with van der Waals surface area (Å²) < 4.78 is 17.4. The summed E-state index contributed by atoms with van der Waals surface area (Å²) >= 11 is 0. The van der Waals surface area contributed by atoms with Gasteiger partial charge < -0.3 is 14.2 Å². The summed E-state index contributed by atoms with van der Waals surface area (Å²) in [5.41, 5.74) is 0.684. The van der Waals surface area contributed by atoms with Gasteiger partial charge in [-0.2, -0.15) is 0 Å². The van der Waals surface area contributed by atoms with E-state index in [4.69, 9.17) is 14.2 Å². The van der Waals surface area contributed by atoms with Crippen LogP contribution in [0.5, 0.6) is 0 Å². The van der Waals surface area contributed by atoms with Crippen LogP contribution >= 0.6 is 0 Å². The fourth-order valence-electron chi connectivity index (χ4n) is 3.00. The van der Waals surface area contributed by atoms with Crippen molar-refractivity contribution in [2.45, 2.75) is 98.7 Å². The first-order valence-electron chi connectivity index (χ1n) is 10.1. The lowest BCUT2D eigenvalue weighted by Crippen LogP contribution is -2.28. The Labute approximate surface area is 150 Å². The molecule has 0 spiro atoms. The highest BCUT2D eigenvalue weighted by atomic mass is 16.7. The van der Waals surface area contributed by atoms with Gasteiger partial charge in [0.25, 0.3) is 0 Å². The summed E-state index contributed by atoms with van der Waals surface area (Å²) in [7, 11) is 0. The van der Waals surface area contributed by atoms with Gasteiger partial charge in [0.15, 0.2) is 6.29 Å². The van der Waals surface area contributed by atoms with Crippen LogP contribution in [0.15, 0.2) is 0 Å². The maximum atomic E-state index is 5.94. The van der Waals surface area contributed by atoms with Crippen LogP contribution in [0.4, 0.5) is 0 Å². The molecule has 0 saturated carbocycles. The van der Waals surface area contributed by atoms with E-state index in [0.717, 1.165) is 39.3 Å². The lowest BCUT2D eigenvalue weighted by Gasteiger charge is -2.29. The molecule has 1 atom stereocenters. The molecule has 1 unspecified atom stereocenters. The van der Waals surface area contributed by atoms with Crippen molar-refractivity contribution < 1.29 is 14.2 Å². The summed E-state index contributed by atoms with van der Waals surface area (Å²) in [6.07, 6.45) is 10.8. The second-order valence-corrected chi connectivity index (χ2v) is 9.36. The highest BCUT2D eigenvalue weighted by Crippen LogP contribution is 2.26. The zero-order chi connectivity index (χ0) is 17.9. The molecule has 1 heterocycles. The average Bonchev–Trinajstić information content (AvgIpc) is 2.51. The molecule has 1 aliphatic heterocycles. The van der Waals surface area contributed by atoms with Crippen molar-refractivity contribution >= 4 is 0 Å². The molecule has 0 radical (unpaired) electrons. The van der Waals surface area contributed by atoms with Gasteiger partial charge in [0.2, 0.25) is 0 Å². The highest BCUT2D eigenvalue weighted by Gasteiger charge is 2.22. The minimum absolute atomic E-state index is 0.0365. The number of unbranched alkanes of at least 4 members (excludes halogenated alkanes) is 2. The average molecular weight is 343 g/mol. The molecule has 1 aliphatic rings. The Balaban J connectivity index is 1.93. The topological polar surface area (TPSA) is 27.7 Å². The standard InChI is InChI=1S/C21H42O3/c1-20(2,3)13-7-10-15-22-16-11-8-14-21(4,5)18-24-19-12-6-9-17-23-19/h19H,6-18H2,1-5H3. The van der Waals surface area contributed by atoms with E-state index in [2.05, 4.69) is 34.6 Å². The van der Waals surface area contributed by atoms with E-state index in [0.29, 0.717) is 5.41 Å². The molecule has 0 amide bonds. The van der Waals surface area contributed by atoms with Crippen LogP contribution < -0.4 is 0 Å². The van der Waals surface area contributed by atoms with Gasteiger partial charge in [0.1, 0.15) is 0 Å². The molecule has 0 N–H and O–H groups in total. The maximum absolute atomic E-state index is 5.94. The molecule has 3 heteroatoms. The third kappa shape index (κ3) is 12.3. The summed E-state index contributed by atoms with van der Waals surface area (Å²) in [6, 6.07) is 0. The van der Waals surface area contributed by atoms with Crippen LogP contribution in [-0.2, 0) is 14.2 Å². The first-order chi connectivity index (χ1) is 11.3. The highest BCUT2D eigenvalue weighted by molar-refractivity contribution is 4.69. The van der Waals surface area contributed by atoms with Crippen LogP contribution in [0.25, 0.3) is 0 Å². The summed E-state index contributed by atoms with van der Waals surface area (Å²) in [5.74, 6) is 0. The molecule has 144 valence electrons. The van der Waals surface area contributed by atoms with E-state index in [1.165, 1.54) is 44.9 Å². The summed E-state index contributed by atoms with van der Waals surface area (Å²) in [4.78, 5) is 0. The Morgan fingerprint density at radius 2 is 1.54 bits per heavy atom. The maximum Gasteiger partial charge on any atom is 0.157 e. The van der Waals surface area contributed by atoms with Crippen molar-refractivity contribution in [1.29, 1.82) is 0 Å². The lowest BCUT2D eigenvalue weighted by atomic mass is 9.88. The lowest BCUT2D eigenvalue weighted by molar-refractivity contribution is -0.176. The van der Waals surface area contributed by atoms with Gasteiger partial charge in [0, 0.05) is 19.8 Å². The quantitative estimate of drug-likeness (QED) is 0.410. The van der Waals surface area contributed by atoms with Crippen molar-refractivity contribution in [3.05, 3.63) is 0 Å². The van der Waals surface area contributed by atoms with E-state index in [9.17, 15) is 0 Å². The van der Waals surface area contributed by atoms with Crippen LogP contribution in [0.2, 0.25) is 0 Å². The minimum Gasteiger partial charge on any atom is -0.381 e. The van der Waals surface area contributed by atoms with E-state index >= 15 is 0 Å². The second kappa shape index (κ2) is 11.5. The van der Waals surface area contributed by atoms with Crippen molar-refractivity contribution in [3.8, 4) is 0 Å². The largest absolute Gasteiger partial charge is 0.381 e. The first-order valence-corrected chi connectivity index (χ1v) is 10.1. The molecule has 1 fully saturated rings. The Hall–Kier alpha value is -0.120. The number of hydrogen-bond donors (Lipinski definition) is 0. The SMILES string of the molecule is CC(C)(C)CCCCOCCCCC(C)(C)COC1CCCCO1. The van der Waals surface area contributed by atoms with Gasteiger partial charge in [-0.25, -0.2) is 0 Å². The molecule has 3 nitrogen and oxygen atoms in total. The van der Waals surface area contributed by atoms with Crippen LogP contribution in [0.1, 0.15) is 92.4 Å². The predicted octanol–water partition coefficient (Wildman–Crippen LogP) is 5.96. The van der Waals surface area contributed by atoms with E-state index in [1.54, 1.807) is 0 Å². The van der Waals surface area contributed by atoms with Crippen molar-refractivity contribution in [3.63, 3.8) is 0 Å². The fourth-order valence-corrected chi connectivity index (χ4v) is 3.00.